The van der Waals surface area contributed by atoms with Crippen molar-refractivity contribution in [1.29, 1.82) is 0 Å². The molecule has 2 nitrogen and oxygen atoms in total. The molecule has 3 rings (SSSR count). The van der Waals surface area contributed by atoms with Gasteiger partial charge in [0.15, 0.2) is 0 Å². The topological polar surface area (TPSA) is 26.3 Å². The van der Waals surface area contributed by atoms with Crippen molar-refractivity contribution in [3.05, 3.63) is 65.2 Å². The maximum absolute atomic E-state index is 11.8. The molecule has 2 heteroatoms. The maximum Gasteiger partial charge on any atom is 0.312 e. The molecule has 0 radical (unpaired) electrons. The minimum absolute atomic E-state index is 0.119. The van der Waals surface area contributed by atoms with Crippen molar-refractivity contribution in [3.63, 3.8) is 0 Å². The Morgan fingerprint density at radius 2 is 1.74 bits per heavy atom. The lowest BCUT2D eigenvalue weighted by Gasteiger charge is -2.26. The van der Waals surface area contributed by atoms with Crippen LogP contribution in [-0.2, 0) is 11.2 Å². The Labute approximate surface area is 113 Å². The molecule has 19 heavy (non-hydrogen) atoms. The summed E-state index contributed by atoms with van der Waals surface area (Å²) in [5.41, 5.74) is 3.66. The number of fused-ring (bicyclic) bond motifs is 1. The molecule has 1 aliphatic rings. The Kier molecular flexibility index (Phi) is 3.08. The van der Waals surface area contributed by atoms with Gasteiger partial charge in [-0.25, -0.2) is 0 Å². The van der Waals surface area contributed by atoms with E-state index in [0.717, 1.165) is 12.0 Å². The molecule has 0 spiro atoms. The predicted molar refractivity (Wildman–Crippen MR) is 74.4 cm³/mol. The van der Waals surface area contributed by atoms with Gasteiger partial charge in [-0.3, -0.25) is 4.79 Å². The first-order chi connectivity index (χ1) is 9.29. The van der Waals surface area contributed by atoms with Gasteiger partial charge in [0.2, 0.25) is 0 Å². The highest BCUT2D eigenvalue weighted by molar-refractivity contribution is 5.77. The van der Waals surface area contributed by atoms with Gasteiger partial charge in [0.25, 0.3) is 0 Å². The third-order valence-corrected chi connectivity index (χ3v) is 3.70. The molecule has 0 N–H and O–H groups in total. The standard InChI is InChI=1S/C17H16O2/c1-2-12-7-3-4-8-13(12)15-11-17(18)19-16-10-6-5-9-14(15)16/h3-10,15H,2,11H2,1H3. The van der Waals surface area contributed by atoms with Crippen LogP contribution in [0.1, 0.15) is 36.0 Å². The molecule has 0 saturated carbocycles. The third kappa shape index (κ3) is 2.14. The minimum Gasteiger partial charge on any atom is -0.426 e. The number of hydrogen-bond donors (Lipinski definition) is 0. The Hall–Kier alpha value is -2.09. The molecule has 1 unspecified atom stereocenters. The van der Waals surface area contributed by atoms with Crippen LogP contribution in [0.15, 0.2) is 48.5 Å². The molecule has 0 bridgehead atoms. The van der Waals surface area contributed by atoms with Crippen molar-refractivity contribution in [3.8, 4) is 5.75 Å². The number of rotatable bonds is 2. The van der Waals surface area contributed by atoms with Crippen molar-refractivity contribution >= 4 is 5.97 Å². The van der Waals surface area contributed by atoms with Crippen molar-refractivity contribution in [1.82, 2.24) is 0 Å². The Balaban J connectivity index is 2.13. The average Bonchev–Trinajstić information content (AvgIpc) is 2.46. The van der Waals surface area contributed by atoms with Crippen molar-refractivity contribution < 1.29 is 9.53 Å². The molecule has 0 fully saturated rings. The van der Waals surface area contributed by atoms with E-state index in [-0.39, 0.29) is 11.9 Å². The predicted octanol–water partition coefficient (Wildman–Crippen LogP) is 3.69. The Bertz CT molecular complexity index is 616. The smallest absolute Gasteiger partial charge is 0.312 e. The number of aryl methyl sites for hydroxylation is 1. The summed E-state index contributed by atoms with van der Waals surface area (Å²) in [6, 6.07) is 16.2. The van der Waals surface area contributed by atoms with E-state index >= 15 is 0 Å². The highest BCUT2D eigenvalue weighted by atomic mass is 16.5. The second-order valence-corrected chi connectivity index (χ2v) is 4.82. The average molecular weight is 252 g/mol. The summed E-state index contributed by atoms with van der Waals surface area (Å²) in [6.45, 7) is 2.14. The first-order valence-corrected chi connectivity index (χ1v) is 6.67. The number of benzene rings is 2. The molecular weight excluding hydrogens is 236 g/mol. The lowest BCUT2D eigenvalue weighted by molar-refractivity contribution is -0.135. The quantitative estimate of drug-likeness (QED) is 0.602. The van der Waals surface area contributed by atoms with E-state index in [1.54, 1.807) is 0 Å². The summed E-state index contributed by atoms with van der Waals surface area (Å²) in [7, 11) is 0. The molecule has 1 aliphatic heterocycles. The molecule has 2 aromatic rings. The molecule has 0 aromatic heterocycles. The van der Waals surface area contributed by atoms with Crippen LogP contribution in [-0.4, -0.2) is 5.97 Å². The Morgan fingerprint density at radius 3 is 2.53 bits per heavy atom. The lowest BCUT2D eigenvalue weighted by atomic mass is 9.83. The maximum atomic E-state index is 11.8. The minimum atomic E-state index is -0.144. The van der Waals surface area contributed by atoms with Gasteiger partial charge in [-0.05, 0) is 23.6 Å². The molecule has 1 heterocycles. The lowest BCUT2D eigenvalue weighted by Crippen LogP contribution is -2.21. The van der Waals surface area contributed by atoms with E-state index in [0.29, 0.717) is 12.2 Å². The molecule has 0 aliphatic carbocycles. The normalized spacial score (nSPS) is 17.7. The zero-order valence-corrected chi connectivity index (χ0v) is 10.9. The summed E-state index contributed by atoms with van der Waals surface area (Å²) < 4.78 is 5.32. The fourth-order valence-electron chi connectivity index (χ4n) is 2.78. The van der Waals surface area contributed by atoms with Crippen molar-refractivity contribution in [2.24, 2.45) is 0 Å². The molecule has 2 aromatic carbocycles. The van der Waals surface area contributed by atoms with E-state index in [4.69, 9.17) is 4.74 Å². The number of carbonyl (C=O) groups excluding carboxylic acids is 1. The summed E-state index contributed by atoms with van der Waals surface area (Å²) in [5, 5.41) is 0. The number of hydrogen-bond acceptors (Lipinski definition) is 2. The van der Waals surface area contributed by atoms with Crippen LogP contribution in [0.5, 0.6) is 5.75 Å². The molecule has 0 amide bonds. The summed E-state index contributed by atoms with van der Waals surface area (Å²) in [6.07, 6.45) is 1.40. The molecule has 0 saturated heterocycles. The van der Waals surface area contributed by atoms with Crippen LogP contribution in [0.2, 0.25) is 0 Å². The number of para-hydroxylation sites is 1. The first kappa shape index (κ1) is 12.0. The van der Waals surface area contributed by atoms with E-state index in [1.807, 2.05) is 24.3 Å². The van der Waals surface area contributed by atoms with Crippen LogP contribution < -0.4 is 4.74 Å². The number of carbonyl (C=O) groups is 1. The SMILES string of the molecule is CCc1ccccc1C1CC(=O)Oc2ccccc21. The van der Waals surface area contributed by atoms with Gasteiger partial charge < -0.3 is 4.74 Å². The van der Waals surface area contributed by atoms with Crippen LogP contribution in [0, 0.1) is 0 Å². The molecule has 1 atom stereocenters. The van der Waals surface area contributed by atoms with Gasteiger partial charge >= 0.3 is 5.97 Å². The summed E-state index contributed by atoms with van der Waals surface area (Å²) >= 11 is 0. The van der Waals surface area contributed by atoms with Gasteiger partial charge in [0.05, 0.1) is 6.42 Å². The van der Waals surface area contributed by atoms with Crippen LogP contribution in [0.25, 0.3) is 0 Å². The van der Waals surface area contributed by atoms with Gasteiger partial charge in [-0.2, -0.15) is 0 Å². The zero-order valence-electron chi connectivity index (χ0n) is 10.9. The van der Waals surface area contributed by atoms with E-state index in [1.165, 1.54) is 11.1 Å². The third-order valence-electron chi connectivity index (χ3n) is 3.70. The number of ether oxygens (including phenoxy) is 1. The first-order valence-electron chi connectivity index (χ1n) is 6.67. The zero-order chi connectivity index (χ0) is 13.2. The van der Waals surface area contributed by atoms with Gasteiger partial charge in [-0.1, -0.05) is 49.4 Å². The summed E-state index contributed by atoms with van der Waals surface area (Å²) in [4.78, 5) is 11.8. The van der Waals surface area contributed by atoms with Crippen LogP contribution in [0.4, 0.5) is 0 Å². The molecule has 96 valence electrons. The highest BCUT2D eigenvalue weighted by Crippen LogP contribution is 2.39. The largest absolute Gasteiger partial charge is 0.426 e. The number of esters is 1. The summed E-state index contributed by atoms with van der Waals surface area (Å²) in [5.74, 6) is 0.679. The monoisotopic (exact) mass is 252 g/mol. The Morgan fingerprint density at radius 1 is 1.05 bits per heavy atom. The fraction of sp³-hybridized carbons (Fsp3) is 0.235. The van der Waals surface area contributed by atoms with Gasteiger partial charge in [0.1, 0.15) is 5.75 Å². The van der Waals surface area contributed by atoms with Gasteiger partial charge in [0, 0.05) is 11.5 Å². The molecular formula is C17H16O2. The second-order valence-electron chi connectivity index (χ2n) is 4.82. The van der Waals surface area contributed by atoms with Crippen LogP contribution in [0.3, 0.4) is 0 Å². The van der Waals surface area contributed by atoms with Crippen LogP contribution >= 0.6 is 0 Å². The van der Waals surface area contributed by atoms with Crippen molar-refractivity contribution in [2.45, 2.75) is 25.7 Å². The van der Waals surface area contributed by atoms with E-state index < -0.39 is 0 Å². The highest BCUT2D eigenvalue weighted by Gasteiger charge is 2.28. The second kappa shape index (κ2) is 4.88. The van der Waals surface area contributed by atoms with Gasteiger partial charge in [-0.15, -0.1) is 0 Å². The van der Waals surface area contributed by atoms with E-state index in [9.17, 15) is 4.79 Å². The van der Waals surface area contributed by atoms with E-state index in [2.05, 4.69) is 31.2 Å². The van der Waals surface area contributed by atoms with Crippen molar-refractivity contribution in [2.75, 3.05) is 0 Å². The fourth-order valence-corrected chi connectivity index (χ4v) is 2.78.